The Hall–Kier alpha value is -2.47. The largest absolute Gasteiger partial charge is 0.339 e. The summed E-state index contributed by atoms with van der Waals surface area (Å²) >= 11 is 0. The van der Waals surface area contributed by atoms with Gasteiger partial charge in [-0.3, -0.25) is 0 Å². The van der Waals surface area contributed by atoms with Crippen LogP contribution in [0.25, 0.3) is 0 Å². The molecule has 2 aliphatic heterocycles. The first-order valence-electron chi connectivity index (χ1n) is 8.79. The number of rotatable bonds is 4. The van der Waals surface area contributed by atoms with Crippen molar-refractivity contribution in [2.24, 2.45) is 0 Å². The van der Waals surface area contributed by atoms with Gasteiger partial charge in [-0.2, -0.15) is 4.98 Å². The zero-order valence-electron chi connectivity index (χ0n) is 14.2. The maximum absolute atomic E-state index is 5.71. The molecular formula is C19H21N5O. The van der Waals surface area contributed by atoms with E-state index >= 15 is 0 Å². The predicted molar refractivity (Wildman–Crippen MR) is 92.2 cm³/mol. The summed E-state index contributed by atoms with van der Waals surface area (Å²) in [5.41, 5.74) is 1.57. The molecule has 128 valence electrons. The molecule has 1 saturated carbocycles. The quantitative estimate of drug-likeness (QED) is 0.793. The van der Waals surface area contributed by atoms with Gasteiger partial charge in [0.15, 0.2) is 5.82 Å². The molecule has 0 radical (unpaired) electrons. The van der Waals surface area contributed by atoms with E-state index in [1.165, 1.54) is 5.56 Å². The Kier molecular flexibility index (Phi) is 3.12. The highest BCUT2D eigenvalue weighted by molar-refractivity contribution is 5.37. The summed E-state index contributed by atoms with van der Waals surface area (Å²) in [6, 6.07) is 10.8. The van der Waals surface area contributed by atoms with E-state index in [4.69, 9.17) is 9.51 Å². The van der Waals surface area contributed by atoms with Crippen molar-refractivity contribution in [2.75, 3.05) is 13.1 Å². The van der Waals surface area contributed by atoms with Crippen LogP contribution in [-0.2, 0) is 10.8 Å². The SMILES string of the molecule is CC(c1noc(C23CNCC(c4ccccc4)(C2)C3)n1)n1ccnc1. The van der Waals surface area contributed by atoms with Crippen LogP contribution in [0.2, 0.25) is 0 Å². The molecule has 3 aromatic rings. The fourth-order valence-corrected chi connectivity index (χ4v) is 4.61. The molecule has 3 aliphatic rings. The van der Waals surface area contributed by atoms with Crippen LogP contribution in [0.5, 0.6) is 0 Å². The molecule has 25 heavy (non-hydrogen) atoms. The van der Waals surface area contributed by atoms with E-state index in [0.29, 0.717) is 5.82 Å². The molecule has 1 aromatic carbocycles. The first-order chi connectivity index (χ1) is 12.2. The van der Waals surface area contributed by atoms with Crippen molar-refractivity contribution in [3.8, 4) is 0 Å². The van der Waals surface area contributed by atoms with Crippen LogP contribution in [-0.4, -0.2) is 32.8 Å². The van der Waals surface area contributed by atoms with E-state index in [0.717, 1.165) is 31.8 Å². The highest BCUT2D eigenvalue weighted by atomic mass is 16.5. The molecular weight excluding hydrogens is 314 g/mol. The number of nitrogens with one attached hydrogen (secondary N) is 1. The van der Waals surface area contributed by atoms with Crippen LogP contribution < -0.4 is 5.32 Å². The minimum absolute atomic E-state index is 0.0203. The maximum Gasteiger partial charge on any atom is 0.234 e. The van der Waals surface area contributed by atoms with Crippen LogP contribution in [0.15, 0.2) is 53.6 Å². The third-order valence-electron chi connectivity index (χ3n) is 5.91. The zero-order valence-corrected chi connectivity index (χ0v) is 14.2. The van der Waals surface area contributed by atoms with Crippen molar-refractivity contribution in [1.82, 2.24) is 25.0 Å². The Labute approximate surface area is 146 Å². The lowest BCUT2D eigenvalue weighted by atomic mass is 9.48. The van der Waals surface area contributed by atoms with Crippen LogP contribution in [0.1, 0.15) is 43.1 Å². The third-order valence-corrected chi connectivity index (χ3v) is 5.91. The summed E-state index contributed by atoms with van der Waals surface area (Å²) in [5, 5.41) is 7.84. The lowest BCUT2D eigenvalue weighted by Crippen LogP contribution is -2.66. The smallest absolute Gasteiger partial charge is 0.234 e. The maximum atomic E-state index is 5.71. The Morgan fingerprint density at radius 3 is 2.72 bits per heavy atom. The molecule has 0 amide bonds. The summed E-state index contributed by atoms with van der Waals surface area (Å²) in [4.78, 5) is 8.85. The molecule has 6 heteroatoms. The molecule has 2 bridgehead atoms. The van der Waals surface area contributed by atoms with Crippen molar-refractivity contribution >= 4 is 0 Å². The number of hydrogen-bond donors (Lipinski definition) is 1. The van der Waals surface area contributed by atoms with Crippen LogP contribution in [0.3, 0.4) is 0 Å². The van der Waals surface area contributed by atoms with Gasteiger partial charge in [0, 0.05) is 30.9 Å². The summed E-state index contributed by atoms with van der Waals surface area (Å²) in [6.45, 7) is 3.98. The van der Waals surface area contributed by atoms with Crippen LogP contribution in [0, 0.1) is 0 Å². The summed E-state index contributed by atoms with van der Waals surface area (Å²) in [6.07, 6.45) is 7.60. The number of aromatic nitrogens is 4. The Balaban J connectivity index is 1.42. The lowest BCUT2D eigenvalue weighted by Gasteiger charge is -2.59. The Morgan fingerprint density at radius 1 is 1.16 bits per heavy atom. The van der Waals surface area contributed by atoms with Crippen molar-refractivity contribution < 1.29 is 4.52 Å². The van der Waals surface area contributed by atoms with Crippen molar-refractivity contribution in [3.63, 3.8) is 0 Å². The number of imidazole rings is 1. The van der Waals surface area contributed by atoms with E-state index in [9.17, 15) is 0 Å². The fourth-order valence-electron chi connectivity index (χ4n) is 4.61. The van der Waals surface area contributed by atoms with Gasteiger partial charge in [0.2, 0.25) is 5.89 Å². The highest BCUT2D eigenvalue weighted by Gasteiger charge is 2.61. The predicted octanol–water partition coefficient (Wildman–Crippen LogP) is 2.45. The normalized spacial score (nSPS) is 29.2. The molecule has 2 saturated heterocycles. The molecule has 6 rings (SSSR count). The monoisotopic (exact) mass is 335 g/mol. The van der Waals surface area contributed by atoms with E-state index in [1.807, 2.05) is 10.8 Å². The van der Waals surface area contributed by atoms with Gasteiger partial charge in [-0.25, -0.2) is 4.98 Å². The second kappa shape index (κ2) is 5.26. The molecule has 1 N–H and O–H groups in total. The number of nitrogens with zero attached hydrogens (tertiary/aromatic N) is 4. The molecule has 1 unspecified atom stereocenters. The van der Waals surface area contributed by atoms with Crippen molar-refractivity contribution in [2.45, 2.75) is 36.6 Å². The van der Waals surface area contributed by atoms with E-state index in [-0.39, 0.29) is 16.9 Å². The molecule has 3 fully saturated rings. The molecule has 1 atom stereocenters. The fraction of sp³-hybridized carbons (Fsp3) is 0.421. The molecule has 2 aromatic heterocycles. The van der Waals surface area contributed by atoms with E-state index in [2.05, 4.69) is 52.7 Å². The van der Waals surface area contributed by atoms with Gasteiger partial charge in [-0.15, -0.1) is 0 Å². The van der Waals surface area contributed by atoms with Gasteiger partial charge >= 0.3 is 0 Å². The minimum atomic E-state index is -0.0337. The van der Waals surface area contributed by atoms with Crippen molar-refractivity contribution in [3.05, 3.63) is 66.3 Å². The van der Waals surface area contributed by atoms with Gasteiger partial charge in [-0.05, 0) is 25.3 Å². The van der Waals surface area contributed by atoms with Gasteiger partial charge in [-0.1, -0.05) is 35.5 Å². The van der Waals surface area contributed by atoms with E-state index in [1.54, 1.807) is 12.5 Å². The van der Waals surface area contributed by atoms with Crippen LogP contribution >= 0.6 is 0 Å². The Bertz CT molecular complexity index is 864. The van der Waals surface area contributed by atoms with Gasteiger partial charge in [0.1, 0.15) is 0 Å². The topological polar surface area (TPSA) is 68.8 Å². The average Bonchev–Trinajstić information content (AvgIpc) is 3.34. The first kappa shape index (κ1) is 14.8. The molecule has 1 aliphatic carbocycles. The molecule has 6 nitrogen and oxygen atoms in total. The van der Waals surface area contributed by atoms with Crippen LogP contribution in [0.4, 0.5) is 0 Å². The average molecular weight is 335 g/mol. The first-order valence-corrected chi connectivity index (χ1v) is 8.79. The number of fused-ring (bicyclic) bond motifs is 2. The standard InChI is InChI=1S/C19H21N5O/c1-14(24-8-7-20-13-24)16-22-17(25-23-16)19-9-18(10-19,11-21-12-19)15-5-3-2-4-6-15/h2-8,13-14,21H,9-12H2,1H3. The van der Waals surface area contributed by atoms with Gasteiger partial charge in [0.25, 0.3) is 0 Å². The minimum Gasteiger partial charge on any atom is -0.339 e. The number of piperidine rings is 2. The Morgan fingerprint density at radius 2 is 1.96 bits per heavy atom. The van der Waals surface area contributed by atoms with Gasteiger partial charge < -0.3 is 14.4 Å². The molecule has 4 heterocycles. The highest BCUT2D eigenvalue weighted by Crippen LogP contribution is 2.58. The summed E-state index contributed by atoms with van der Waals surface area (Å²) < 4.78 is 7.70. The van der Waals surface area contributed by atoms with Gasteiger partial charge in [0.05, 0.1) is 17.8 Å². The second-order valence-corrected chi connectivity index (χ2v) is 7.53. The summed E-state index contributed by atoms with van der Waals surface area (Å²) in [5.74, 6) is 1.48. The van der Waals surface area contributed by atoms with Crippen molar-refractivity contribution in [1.29, 1.82) is 0 Å². The number of benzene rings is 1. The molecule has 0 spiro atoms. The zero-order chi connectivity index (χ0) is 16.9. The summed E-state index contributed by atoms with van der Waals surface area (Å²) in [7, 11) is 0. The number of hydrogen-bond acceptors (Lipinski definition) is 5. The lowest BCUT2D eigenvalue weighted by molar-refractivity contribution is 0.0250. The third kappa shape index (κ3) is 2.17. The van der Waals surface area contributed by atoms with E-state index < -0.39 is 0 Å². The second-order valence-electron chi connectivity index (χ2n) is 7.53.